The zero-order chi connectivity index (χ0) is 10.7. The first-order valence-corrected chi connectivity index (χ1v) is 4.31. The molecule has 4 heteroatoms. The summed E-state index contributed by atoms with van der Waals surface area (Å²) in [6, 6.07) is 3.10. The molecule has 0 aromatic heterocycles. The molecule has 0 saturated carbocycles. The zero-order valence-electron chi connectivity index (χ0n) is 8.02. The molecule has 1 atom stereocenters. The van der Waals surface area contributed by atoms with Gasteiger partial charge < -0.3 is 5.32 Å². The highest BCUT2D eigenvalue weighted by Gasteiger charge is 2.13. The third kappa shape index (κ3) is 2.26. The molecule has 0 radical (unpaired) electrons. The van der Waals surface area contributed by atoms with E-state index < -0.39 is 12.2 Å². The van der Waals surface area contributed by atoms with Gasteiger partial charge in [0.1, 0.15) is 5.82 Å². The highest BCUT2D eigenvalue weighted by Crippen LogP contribution is 2.24. The second kappa shape index (κ2) is 4.46. The van der Waals surface area contributed by atoms with Crippen LogP contribution in [-0.2, 0) is 0 Å². The zero-order valence-corrected chi connectivity index (χ0v) is 8.02. The van der Waals surface area contributed by atoms with Crippen molar-refractivity contribution < 1.29 is 13.2 Å². The van der Waals surface area contributed by atoms with Crippen LogP contribution in [0.15, 0.2) is 18.2 Å². The summed E-state index contributed by atoms with van der Waals surface area (Å²) in [6.07, 6.45) is -2.56. The van der Waals surface area contributed by atoms with Gasteiger partial charge in [-0.3, -0.25) is 0 Å². The van der Waals surface area contributed by atoms with Crippen molar-refractivity contribution in [1.29, 1.82) is 0 Å². The number of benzene rings is 1. The Morgan fingerprint density at radius 3 is 2.43 bits per heavy atom. The highest BCUT2D eigenvalue weighted by atomic mass is 19.3. The van der Waals surface area contributed by atoms with E-state index in [9.17, 15) is 13.2 Å². The van der Waals surface area contributed by atoms with E-state index in [1.165, 1.54) is 6.07 Å². The molecule has 1 nitrogen and oxygen atoms in total. The Labute approximate surface area is 80.9 Å². The van der Waals surface area contributed by atoms with E-state index in [1.54, 1.807) is 14.0 Å². The molecule has 0 aliphatic rings. The fourth-order valence-electron chi connectivity index (χ4n) is 1.19. The molecule has 0 fully saturated rings. The summed E-state index contributed by atoms with van der Waals surface area (Å²) in [5.74, 6) is -0.462. The predicted octanol–water partition coefficient (Wildman–Crippen LogP) is 3.04. The fraction of sp³-hybridized carbons (Fsp3) is 0.400. The van der Waals surface area contributed by atoms with Gasteiger partial charge in [0.05, 0.1) is 0 Å². The summed E-state index contributed by atoms with van der Waals surface area (Å²) in [5, 5.41) is 2.80. The number of hydrogen-bond acceptors (Lipinski definition) is 1. The number of halogens is 3. The molecule has 1 aromatic carbocycles. The SMILES string of the molecule is CN[C@@H](C)c1cc(C(F)F)ccc1F. The molecule has 0 heterocycles. The first kappa shape index (κ1) is 11.0. The maximum absolute atomic E-state index is 13.2. The Kier molecular flexibility index (Phi) is 3.52. The summed E-state index contributed by atoms with van der Waals surface area (Å²) in [5.41, 5.74) is 0.119. The van der Waals surface area contributed by atoms with E-state index in [2.05, 4.69) is 5.32 Å². The molecule has 0 saturated heterocycles. The van der Waals surface area contributed by atoms with Crippen molar-refractivity contribution in [3.63, 3.8) is 0 Å². The summed E-state index contributed by atoms with van der Waals surface area (Å²) < 4.78 is 37.8. The van der Waals surface area contributed by atoms with Gasteiger partial charge in [0.25, 0.3) is 6.43 Å². The monoisotopic (exact) mass is 203 g/mol. The lowest BCUT2D eigenvalue weighted by molar-refractivity contribution is 0.151. The Morgan fingerprint density at radius 1 is 1.29 bits per heavy atom. The van der Waals surface area contributed by atoms with Crippen molar-refractivity contribution in [2.45, 2.75) is 19.4 Å². The summed E-state index contributed by atoms with van der Waals surface area (Å²) in [4.78, 5) is 0. The number of rotatable bonds is 3. The fourth-order valence-corrected chi connectivity index (χ4v) is 1.19. The number of nitrogens with one attached hydrogen (secondary N) is 1. The second-order valence-corrected chi connectivity index (χ2v) is 3.09. The van der Waals surface area contributed by atoms with Crippen LogP contribution in [0.25, 0.3) is 0 Å². The average Bonchev–Trinajstić information content (AvgIpc) is 2.17. The predicted molar refractivity (Wildman–Crippen MR) is 48.8 cm³/mol. The lowest BCUT2D eigenvalue weighted by Gasteiger charge is -2.12. The molecule has 1 rings (SSSR count). The van der Waals surface area contributed by atoms with Crippen LogP contribution < -0.4 is 5.32 Å². The summed E-state index contributed by atoms with van der Waals surface area (Å²) in [6.45, 7) is 1.72. The van der Waals surface area contributed by atoms with Gasteiger partial charge in [-0.05, 0) is 26.1 Å². The Bertz CT molecular complexity index is 312. The standard InChI is InChI=1S/C10H12F3N/c1-6(14-2)8-5-7(10(12)13)3-4-9(8)11/h3-6,10,14H,1-2H3/t6-/m0/s1. The molecule has 0 aliphatic heterocycles. The van der Waals surface area contributed by atoms with Crippen LogP contribution in [0.1, 0.15) is 30.5 Å². The minimum absolute atomic E-state index is 0.150. The van der Waals surface area contributed by atoms with Gasteiger partial charge in [-0.2, -0.15) is 0 Å². The van der Waals surface area contributed by atoms with Crippen LogP contribution in [0.5, 0.6) is 0 Å². The Morgan fingerprint density at radius 2 is 1.93 bits per heavy atom. The molecule has 1 aromatic rings. The van der Waals surface area contributed by atoms with Crippen LogP contribution in [-0.4, -0.2) is 7.05 Å². The minimum atomic E-state index is -2.56. The normalized spacial score (nSPS) is 13.3. The van der Waals surface area contributed by atoms with Crippen molar-refractivity contribution in [3.05, 3.63) is 35.1 Å². The lowest BCUT2D eigenvalue weighted by Crippen LogP contribution is -2.14. The molecule has 0 amide bonds. The molecular formula is C10H12F3N. The van der Waals surface area contributed by atoms with E-state index in [1.807, 2.05) is 0 Å². The van der Waals surface area contributed by atoms with Gasteiger partial charge in [0, 0.05) is 17.2 Å². The van der Waals surface area contributed by atoms with Crippen LogP contribution in [0.3, 0.4) is 0 Å². The van der Waals surface area contributed by atoms with Crippen LogP contribution in [0.2, 0.25) is 0 Å². The first-order valence-electron chi connectivity index (χ1n) is 4.31. The van der Waals surface area contributed by atoms with Gasteiger partial charge in [-0.15, -0.1) is 0 Å². The van der Waals surface area contributed by atoms with Crippen LogP contribution in [0.4, 0.5) is 13.2 Å². The van der Waals surface area contributed by atoms with Crippen molar-refractivity contribution in [1.82, 2.24) is 5.32 Å². The van der Waals surface area contributed by atoms with E-state index in [0.717, 1.165) is 12.1 Å². The van der Waals surface area contributed by atoms with Gasteiger partial charge in [-0.1, -0.05) is 6.07 Å². The number of hydrogen-bond donors (Lipinski definition) is 1. The molecule has 0 spiro atoms. The average molecular weight is 203 g/mol. The van der Waals surface area contributed by atoms with Gasteiger partial charge >= 0.3 is 0 Å². The van der Waals surface area contributed by atoms with Crippen molar-refractivity contribution in [2.24, 2.45) is 0 Å². The highest BCUT2D eigenvalue weighted by molar-refractivity contribution is 5.28. The maximum atomic E-state index is 13.2. The Balaban J connectivity index is 3.08. The van der Waals surface area contributed by atoms with Crippen molar-refractivity contribution in [3.8, 4) is 0 Å². The molecule has 0 unspecified atom stereocenters. The first-order chi connectivity index (χ1) is 6.56. The third-order valence-electron chi connectivity index (χ3n) is 2.17. The molecule has 1 N–H and O–H groups in total. The van der Waals surface area contributed by atoms with Gasteiger partial charge in [-0.25, -0.2) is 13.2 Å². The Hall–Kier alpha value is -1.03. The van der Waals surface area contributed by atoms with Gasteiger partial charge in [0.15, 0.2) is 0 Å². The number of alkyl halides is 2. The molecule has 14 heavy (non-hydrogen) atoms. The third-order valence-corrected chi connectivity index (χ3v) is 2.17. The largest absolute Gasteiger partial charge is 0.313 e. The molecule has 0 aliphatic carbocycles. The van der Waals surface area contributed by atoms with E-state index in [-0.39, 0.29) is 17.2 Å². The van der Waals surface area contributed by atoms with Crippen molar-refractivity contribution >= 4 is 0 Å². The smallest absolute Gasteiger partial charge is 0.263 e. The minimum Gasteiger partial charge on any atom is -0.313 e. The molecule has 0 bridgehead atoms. The topological polar surface area (TPSA) is 12.0 Å². The van der Waals surface area contributed by atoms with Crippen molar-refractivity contribution in [2.75, 3.05) is 7.05 Å². The lowest BCUT2D eigenvalue weighted by atomic mass is 10.0. The maximum Gasteiger partial charge on any atom is 0.263 e. The molecule has 78 valence electrons. The van der Waals surface area contributed by atoms with E-state index in [0.29, 0.717) is 0 Å². The summed E-state index contributed by atoms with van der Waals surface area (Å²) in [7, 11) is 1.65. The van der Waals surface area contributed by atoms with E-state index >= 15 is 0 Å². The second-order valence-electron chi connectivity index (χ2n) is 3.09. The quantitative estimate of drug-likeness (QED) is 0.796. The summed E-state index contributed by atoms with van der Waals surface area (Å²) >= 11 is 0. The van der Waals surface area contributed by atoms with Crippen LogP contribution in [0, 0.1) is 5.82 Å². The molecular weight excluding hydrogens is 191 g/mol. The van der Waals surface area contributed by atoms with Crippen LogP contribution >= 0.6 is 0 Å². The van der Waals surface area contributed by atoms with Gasteiger partial charge in [0.2, 0.25) is 0 Å². The van der Waals surface area contributed by atoms with E-state index in [4.69, 9.17) is 0 Å².